The zero-order valence-corrected chi connectivity index (χ0v) is 30.9. The number of ether oxygens (including phenoxy) is 1. The van der Waals surface area contributed by atoms with Crippen LogP contribution in [-0.4, -0.2) is 17.6 Å². The van der Waals surface area contributed by atoms with Crippen molar-refractivity contribution < 1.29 is 9.15 Å². The van der Waals surface area contributed by atoms with Crippen LogP contribution in [0.15, 0.2) is 199 Å². The second-order valence-electron chi connectivity index (χ2n) is 14.2. The standard InChI is InChI=1S/C50H34N2O2Si/c1-3-16-37(17-4-1)55(38-18-5-2-6-19-38,40-21-12-15-36(31-40)41-23-13-24-43-42-22-7-10-27-47(42)54-50(41)43)39-20-11-14-34(30-39)35-28-29-46-48(32-35)53-33-49-51-44-25-8-9-26-45(44)52(46)49/h1-32H,33H2. The Morgan fingerprint density at radius 3 is 1.91 bits per heavy atom. The minimum Gasteiger partial charge on any atom is -0.483 e. The summed E-state index contributed by atoms with van der Waals surface area (Å²) in [4.78, 5) is 4.85. The lowest BCUT2D eigenvalue weighted by Crippen LogP contribution is -2.74. The van der Waals surface area contributed by atoms with Crippen LogP contribution < -0.4 is 25.5 Å². The van der Waals surface area contributed by atoms with Crippen molar-refractivity contribution in [1.82, 2.24) is 9.55 Å². The fourth-order valence-corrected chi connectivity index (χ4v) is 13.6. The lowest BCUT2D eigenvalue weighted by Gasteiger charge is -2.35. The summed E-state index contributed by atoms with van der Waals surface area (Å²) in [6.07, 6.45) is 0. The number of para-hydroxylation sites is 4. The molecule has 0 saturated carbocycles. The predicted molar refractivity (Wildman–Crippen MR) is 227 cm³/mol. The van der Waals surface area contributed by atoms with Gasteiger partial charge < -0.3 is 9.15 Å². The summed E-state index contributed by atoms with van der Waals surface area (Å²) in [6.45, 7) is 0.432. The van der Waals surface area contributed by atoms with Crippen LogP contribution in [0.1, 0.15) is 5.82 Å². The van der Waals surface area contributed by atoms with E-state index in [1.807, 2.05) is 12.1 Å². The van der Waals surface area contributed by atoms with Gasteiger partial charge in [-0.2, -0.15) is 0 Å². The van der Waals surface area contributed by atoms with Gasteiger partial charge in [-0.1, -0.05) is 164 Å². The van der Waals surface area contributed by atoms with Crippen LogP contribution in [0.25, 0.3) is 60.9 Å². The molecule has 11 rings (SSSR count). The molecular formula is C50H34N2O2Si. The second-order valence-corrected chi connectivity index (χ2v) is 18.1. The van der Waals surface area contributed by atoms with Gasteiger partial charge in [0.05, 0.1) is 16.7 Å². The van der Waals surface area contributed by atoms with Gasteiger partial charge in [-0.15, -0.1) is 0 Å². The maximum atomic E-state index is 6.55. The SMILES string of the molecule is c1ccc([Si](c2ccccc2)(c2cccc(-c3ccc4c(c3)OCc3nc5ccccc5n3-4)c2)c2cccc(-c3cccc4c3oc3ccccc34)c2)cc1. The van der Waals surface area contributed by atoms with Crippen LogP contribution in [0.4, 0.5) is 0 Å². The number of nitrogens with zero attached hydrogens (tertiary/aromatic N) is 2. The molecular weight excluding hydrogens is 689 g/mol. The molecule has 0 atom stereocenters. The quantitative estimate of drug-likeness (QED) is 0.127. The van der Waals surface area contributed by atoms with E-state index in [1.165, 1.54) is 20.7 Å². The van der Waals surface area contributed by atoms with E-state index < -0.39 is 8.07 Å². The Hall–Kier alpha value is -6.95. The number of aromatic nitrogens is 2. The number of fused-ring (bicyclic) bond motifs is 8. The molecule has 0 amide bonds. The molecule has 0 N–H and O–H groups in total. The Labute approximate surface area is 319 Å². The van der Waals surface area contributed by atoms with Gasteiger partial charge in [-0.25, -0.2) is 4.98 Å². The van der Waals surface area contributed by atoms with Crippen LogP contribution >= 0.6 is 0 Å². The number of hydrogen-bond acceptors (Lipinski definition) is 3. The van der Waals surface area contributed by atoms with Gasteiger partial charge in [0.25, 0.3) is 0 Å². The molecule has 0 fully saturated rings. The highest BCUT2D eigenvalue weighted by Gasteiger charge is 2.42. The first-order valence-electron chi connectivity index (χ1n) is 18.7. The summed E-state index contributed by atoms with van der Waals surface area (Å²) >= 11 is 0. The van der Waals surface area contributed by atoms with Crippen LogP contribution in [0, 0.1) is 0 Å². The molecule has 0 unspecified atom stereocenters. The molecule has 1 aliphatic heterocycles. The van der Waals surface area contributed by atoms with Crippen molar-refractivity contribution in [3.05, 3.63) is 200 Å². The van der Waals surface area contributed by atoms with E-state index >= 15 is 0 Å². The molecule has 0 bridgehead atoms. The molecule has 0 spiro atoms. The molecule has 8 aromatic carbocycles. The topological polar surface area (TPSA) is 40.2 Å². The zero-order chi connectivity index (χ0) is 36.3. The summed E-state index contributed by atoms with van der Waals surface area (Å²) in [6, 6.07) is 70.3. The Bertz CT molecular complexity index is 3020. The summed E-state index contributed by atoms with van der Waals surface area (Å²) in [5.74, 6) is 1.78. The third-order valence-electron chi connectivity index (χ3n) is 11.2. The molecule has 2 aromatic heterocycles. The van der Waals surface area contributed by atoms with Crippen molar-refractivity contribution in [2.24, 2.45) is 0 Å². The van der Waals surface area contributed by atoms with Crippen molar-refractivity contribution in [1.29, 1.82) is 0 Å². The second kappa shape index (κ2) is 12.6. The minimum atomic E-state index is -2.90. The van der Waals surface area contributed by atoms with E-state index in [9.17, 15) is 0 Å². The number of furan rings is 1. The number of benzene rings is 8. The van der Waals surface area contributed by atoms with Crippen LogP contribution in [-0.2, 0) is 6.61 Å². The van der Waals surface area contributed by atoms with Crippen LogP contribution in [0.5, 0.6) is 5.75 Å². The molecule has 0 radical (unpaired) electrons. The van der Waals surface area contributed by atoms with E-state index in [4.69, 9.17) is 14.1 Å². The van der Waals surface area contributed by atoms with Crippen molar-refractivity contribution >= 4 is 61.8 Å². The van der Waals surface area contributed by atoms with Crippen molar-refractivity contribution in [2.75, 3.05) is 0 Å². The monoisotopic (exact) mass is 722 g/mol. The lowest BCUT2D eigenvalue weighted by molar-refractivity contribution is 0.281. The predicted octanol–water partition coefficient (Wildman–Crippen LogP) is 9.53. The largest absolute Gasteiger partial charge is 0.483 e. The summed E-state index contributed by atoms with van der Waals surface area (Å²) in [5.41, 5.74) is 9.41. The van der Waals surface area contributed by atoms with Gasteiger partial charge in [0, 0.05) is 16.3 Å². The highest BCUT2D eigenvalue weighted by molar-refractivity contribution is 7.20. The molecule has 55 heavy (non-hydrogen) atoms. The van der Waals surface area contributed by atoms with Gasteiger partial charge in [-0.05, 0) is 67.8 Å². The fraction of sp³-hybridized carbons (Fsp3) is 0.0200. The van der Waals surface area contributed by atoms with Gasteiger partial charge in [0.15, 0.2) is 13.9 Å². The normalized spacial score (nSPS) is 12.4. The maximum absolute atomic E-state index is 6.55. The third kappa shape index (κ3) is 4.94. The van der Waals surface area contributed by atoms with E-state index in [0.29, 0.717) is 6.61 Å². The van der Waals surface area contributed by atoms with Crippen LogP contribution in [0.3, 0.4) is 0 Å². The Balaban J connectivity index is 1.11. The first kappa shape index (κ1) is 31.6. The number of hydrogen-bond donors (Lipinski definition) is 0. The zero-order valence-electron chi connectivity index (χ0n) is 29.9. The first-order chi connectivity index (χ1) is 27.3. The average Bonchev–Trinajstić information content (AvgIpc) is 3.84. The van der Waals surface area contributed by atoms with E-state index in [0.717, 1.165) is 72.5 Å². The molecule has 260 valence electrons. The lowest BCUT2D eigenvalue weighted by atomic mass is 10.0. The Morgan fingerprint density at radius 1 is 0.491 bits per heavy atom. The summed E-state index contributed by atoms with van der Waals surface area (Å²) in [7, 11) is -2.90. The Morgan fingerprint density at radius 2 is 1.11 bits per heavy atom. The van der Waals surface area contributed by atoms with Gasteiger partial charge >= 0.3 is 0 Å². The maximum Gasteiger partial charge on any atom is 0.179 e. The summed E-state index contributed by atoms with van der Waals surface area (Å²) < 4.78 is 15.2. The molecule has 4 nitrogen and oxygen atoms in total. The van der Waals surface area contributed by atoms with Crippen LogP contribution in [0.2, 0.25) is 0 Å². The highest BCUT2D eigenvalue weighted by Crippen LogP contribution is 2.37. The molecule has 0 aliphatic carbocycles. The molecule has 0 saturated heterocycles. The summed E-state index contributed by atoms with van der Waals surface area (Å²) in [5, 5.41) is 7.53. The smallest absolute Gasteiger partial charge is 0.179 e. The third-order valence-corrected chi connectivity index (χ3v) is 16.0. The van der Waals surface area contributed by atoms with Crippen molar-refractivity contribution in [3.63, 3.8) is 0 Å². The van der Waals surface area contributed by atoms with Crippen molar-refractivity contribution in [3.8, 4) is 33.7 Å². The highest BCUT2D eigenvalue weighted by atomic mass is 28.3. The molecule has 5 heteroatoms. The van der Waals surface area contributed by atoms with E-state index in [-0.39, 0.29) is 0 Å². The average molecular weight is 723 g/mol. The van der Waals surface area contributed by atoms with E-state index in [1.54, 1.807) is 0 Å². The minimum absolute atomic E-state index is 0.432. The van der Waals surface area contributed by atoms with Crippen molar-refractivity contribution in [2.45, 2.75) is 6.61 Å². The number of rotatable bonds is 6. The fourth-order valence-electron chi connectivity index (χ4n) is 8.78. The molecule has 1 aliphatic rings. The van der Waals surface area contributed by atoms with Gasteiger partial charge in [-0.3, -0.25) is 4.57 Å². The van der Waals surface area contributed by atoms with E-state index in [2.05, 4.69) is 187 Å². The van der Waals surface area contributed by atoms with Gasteiger partial charge in [0.1, 0.15) is 23.5 Å². The molecule has 3 heterocycles. The Kier molecular flexibility index (Phi) is 7.22. The first-order valence-corrected chi connectivity index (χ1v) is 20.7. The van der Waals surface area contributed by atoms with Gasteiger partial charge in [0.2, 0.25) is 0 Å². The molecule has 10 aromatic rings. The number of imidazole rings is 1.